The largest absolute Gasteiger partial charge is 0.392 e. The summed E-state index contributed by atoms with van der Waals surface area (Å²) in [6.45, 7) is 0.767. The number of rotatable bonds is 4. The fraction of sp³-hybridized carbons (Fsp3) is 0.125. The Kier molecular flexibility index (Phi) is 3.56. The molecular weight excluding hydrogens is 250 g/mol. The summed E-state index contributed by atoms with van der Waals surface area (Å²) in [5.41, 5.74) is 3.96. The van der Waals surface area contributed by atoms with E-state index in [-0.39, 0.29) is 6.61 Å². The summed E-state index contributed by atoms with van der Waals surface area (Å²) in [5.74, 6) is 0. The molecule has 3 rings (SSSR count). The lowest BCUT2D eigenvalue weighted by Gasteiger charge is -2.06. The Morgan fingerprint density at radius 3 is 2.75 bits per heavy atom. The van der Waals surface area contributed by atoms with E-state index in [1.807, 2.05) is 41.2 Å². The number of hydrogen-bond acceptors (Lipinski definition) is 3. The van der Waals surface area contributed by atoms with Crippen molar-refractivity contribution in [2.75, 3.05) is 0 Å². The summed E-state index contributed by atoms with van der Waals surface area (Å²) < 4.78 is 1.89. The van der Waals surface area contributed by atoms with Gasteiger partial charge in [-0.05, 0) is 35.4 Å². The van der Waals surface area contributed by atoms with Crippen LogP contribution in [0.2, 0.25) is 0 Å². The molecule has 0 aliphatic heterocycles. The van der Waals surface area contributed by atoms with Crippen LogP contribution in [0.15, 0.2) is 61.1 Å². The Hall–Kier alpha value is -2.46. The molecule has 100 valence electrons. The van der Waals surface area contributed by atoms with E-state index in [4.69, 9.17) is 0 Å². The van der Waals surface area contributed by atoms with Crippen molar-refractivity contribution in [2.45, 2.75) is 13.2 Å². The molecule has 0 fully saturated rings. The van der Waals surface area contributed by atoms with Gasteiger partial charge in [-0.2, -0.15) is 5.10 Å². The molecule has 0 saturated heterocycles. The van der Waals surface area contributed by atoms with Gasteiger partial charge in [0.15, 0.2) is 0 Å². The molecule has 0 unspecified atom stereocenters. The maximum atomic E-state index is 9.20. The van der Waals surface area contributed by atoms with E-state index in [1.165, 1.54) is 5.56 Å². The van der Waals surface area contributed by atoms with Crippen molar-refractivity contribution in [3.8, 4) is 11.3 Å². The minimum Gasteiger partial charge on any atom is -0.392 e. The van der Waals surface area contributed by atoms with Gasteiger partial charge in [0.25, 0.3) is 0 Å². The minimum absolute atomic E-state index is 0.0303. The number of aliphatic hydroxyl groups excluding tert-OH is 1. The van der Waals surface area contributed by atoms with E-state index in [1.54, 1.807) is 12.4 Å². The Labute approximate surface area is 117 Å². The van der Waals surface area contributed by atoms with Crippen LogP contribution in [0.5, 0.6) is 0 Å². The van der Waals surface area contributed by atoms with E-state index >= 15 is 0 Å². The molecule has 0 aliphatic carbocycles. The number of benzene rings is 1. The lowest BCUT2D eigenvalue weighted by atomic mass is 10.1. The topological polar surface area (TPSA) is 50.9 Å². The van der Waals surface area contributed by atoms with Gasteiger partial charge in [-0.3, -0.25) is 9.67 Å². The molecule has 1 aromatic carbocycles. The second-order valence-corrected chi connectivity index (χ2v) is 4.61. The van der Waals surface area contributed by atoms with Crippen molar-refractivity contribution < 1.29 is 5.11 Å². The molecule has 0 radical (unpaired) electrons. The second kappa shape index (κ2) is 5.67. The van der Waals surface area contributed by atoms with Crippen LogP contribution in [-0.2, 0) is 13.2 Å². The number of aliphatic hydroxyl groups is 1. The highest BCUT2D eigenvalue weighted by atomic mass is 16.3. The SMILES string of the molecule is OCc1ccnc(-c2cccc(Cn3cccn3)c2)c1. The monoisotopic (exact) mass is 265 g/mol. The highest BCUT2D eigenvalue weighted by Gasteiger charge is 2.03. The van der Waals surface area contributed by atoms with E-state index in [2.05, 4.69) is 22.2 Å². The van der Waals surface area contributed by atoms with Crippen LogP contribution in [-0.4, -0.2) is 19.9 Å². The third-order valence-corrected chi connectivity index (χ3v) is 3.13. The van der Waals surface area contributed by atoms with Gasteiger partial charge in [0.2, 0.25) is 0 Å². The fourth-order valence-electron chi connectivity index (χ4n) is 2.14. The number of hydrogen-bond donors (Lipinski definition) is 1. The molecule has 0 saturated carbocycles. The first-order valence-corrected chi connectivity index (χ1v) is 6.48. The summed E-state index contributed by atoms with van der Waals surface area (Å²) in [4.78, 5) is 4.36. The maximum Gasteiger partial charge on any atom is 0.0705 e. The smallest absolute Gasteiger partial charge is 0.0705 e. The molecule has 0 amide bonds. The molecule has 0 aliphatic rings. The van der Waals surface area contributed by atoms with Crippen molar-refractivity contribution in [1.29, 1.82) is 0 Å². The third kappa shape index (κ3) is 2.75. The summed E-state index contributed by atoms with van der Waals surface area (Å²) in [5, 5.41) is 13.4. The normalized spacial score (nSPS) is 10.7. The Morgan fingerprint density at radius 2 is 1.95 bits per heavy atom. The van der Waals surface area contributed by atoms with Crippen LogP contribution < -0.4 is 0 Å². The van der Waals surface area contributed by atoms with Crippen LogP contribution in [0, 0.1) is 0 Å². The Balaban J connectivity index is 1.90. The predicted molar refractivity (Wildman–Crippen MR) is 76.9 cm³/mol. The predicted octanol–water partition coefficient (Wildman–Crippen LogP) is 2.49. The van der Waals surface area contributed by atoms with Gasteiger partial charge >= 0.3 is 0 Å². The Morgan fingerprint density at radius 1 is 1.00 bits per heavy atom. The van der Waals surface area contributed by atoms with Crippen LogP contribution in [0.3, 0.4) is 0 Å². The lowest BCUT2D eigenvalue weighted by molar-refractivity contribution is 0.282. The van der Waals surface area contributed by atoms with Crippen molar-refractivity contribution in [3.63, 3.8) is 0 Å². The fourth-order valence-corrected chi connectivity index (χ4v) is 2.14. The number of nitrogens with zero attached hydrogens (tertiary/aromatic N) is 3. The van der Waals surface area contributed by atoms with Gasteiger partial charge in [0.05, 0.1) is 18.8 Å². The van der Waals surface area contributed by atoms with E-state index < -0.39 is 0 Å². The first-order chi connectivity index (χ1) is 9.85. The average Bonchev–Trinajstić information content (AvgIpc) is 3.00. The quantitative estimate of drug-likeness (QED) is 0.788. The van der Waals surface area contributed by atoms with Gasteiger partial charge in [-0.15, -0.1) is 0 Å². The van der Waals surface area contributed by atoms with Crippen molar-refractivity contribution in [3.05, 3.63) is 72.2 Å². The van der Waals surface area contributed by atoms with Gasteiger partial charge in [0, 0.05) is 24.2 Å². The van der Waals surface area contributed by atoms with E-state index in [0.717, 1.165) is 23.4 Å². The van der Waals surface area contributed by atoms with Crippen molar-refractivity contribution in [1.82, 2.24) is 14.8 Å². The van der Waals surface area contributed by atoms with Gasteiger partial charge in [0.1, 0.15) is 0 Å². The average molecular weight is 265 g/mol. The molecule has 1 N–H and O–H groups in total. The van der Waals surface area contributed by atoms with E-state index in [9.17, 15) is 5.11 Å². The second-order valence-electron chi connectivity index (χ2n) is 4.61. The molecule has 3 aromatic rings. The Bertz CT molecular complexity index is 692. The van der Waals surface area contributed by atoms with Crippen LogP contribution in [0.1, 0.15) is 11.1 Å². The van der Waals surface area contributed by atoms with Crippen LogP contribution >= 0.6 is 0 Å². The minimum atomic E-state index is 0.0303. The first-order valence-electron chi connectivity index (χ1n) is 6.48. The molecule has 0 atom stereocenters. The molecule has 4 nitrogen and oxygen atoms in total. The number of pyridine rings is 1. The highest BCUT2D eigenvalue weighted by molar-refractivity contribution is 5.60. The highest BCUT2D eigenvalue weighted by Crippen LogP contribution is 2.19. The van der Waals surface area contributed by atoms with Gasteiger partial charge < -0.3 is 5.11 Å². The zero-order valence-electron chi connectivity index (χ0n) is 11.0. The molecular formula is C16H15N3O. The molecule has 4 heteroatoms. The van der Waals surface area contributed by atoms with Gasteiger partial charge in [-0.1, -0.05) is 18.2 Å². The zero-order valence-corrected chi connectivity index (χ0v) is 11.0. The summed E-state index contributed by atoms with van der Waals surface area (Å²) in [6, 6.07) is 13.9. The summed E-state index contributed by atoms with van der Waals surface area (Å²) in [6.07, 6.45) is 5.44. The molecule has 2 aromatic heterocycles. The third-order valence-electron chi connectivity index (χ3n) is 3.13. The van der Waals surface area contributed by atoms with Crippen LogP contribution in [0.4, 0.5) is 0 Å². The maximum absolute atomic E-state index is 9.20. The molecule has 0 bridgehead atoms. The first kappa shape index (κ1) is 12.6. The summed E-state index contributed by atoms with van der Waals surface area (Å²) >= 11 is 0. The molecule has 20 heavy (non-hydrogen) atoms. The lowest BCUT2D eigenvalue weighted by Crippen LogP contribution is -2.00. The van der Waals surface area contributed by atoms with Gasteiger partial charge in [-0.25, -0.2) is 0 Å². The summed E-state index contributed by atoms with van der Waals surface area (Å²) in [7, 11) is 0. The van der Waals surface area contributed by atoms with Crippen LogP contribution in [0.25, 0.3) is 11.3 Å². The number of aromatic nitrogens is 3. The van der Waals surface area contributed by atoms with Crippen molar-refractivity contribution in [2.24, 2.45) is 0 Å². The molecule has 0 spiro atoms. The standard InChI is InChI=1S/C16H15N3O/c20-12-14-5-7-17-16(10-14)15-4-1-3-13(9-15)11-19-8-2-6-18-19/h1-10,20H,11-12H2. The van der Waals surface area contributed by atoms with Crippen molar-refractivity contribution >= 4 is 0 Å². The van der Waals surface area contributed by atoms with E-state index in [0.29, 0.717) is 0 Å². The molecule has 2 heterocycles. The zero-order chi connectivity index (χ0) is 13.8.